The summed E-state index contributed by atoms with van der Waals surface area (Å²) in [6.45, 7) is 3.23. The second kappa shape index (κ2) is 7.43. The van der Waals surface area contributed by atoms with Crippen molar-refractivity contribution < 1.29 is 24.1 Å². The van der Waals surface area contributed by atoms with Crippen LogP contribution in [-0.4, -0.2) is 38.4 Å². The highest BCUT2D eigenvalue weighted by atomic mass is 19.1. The van der Waals surface area contributed by atoms with Gasteiger partial charge in [-0.25, -0.2) is 14.2 Å². The van der Waals surface area contributed by atoms with E-state index >= 15 is 0 Å². The van der Waals surface area contributed by atoms with Crippen molar-refractivity contribution in [2.75, 3.05) is 6.61 Å². The topological polar surface area (TPSA) is 128 Å². The van der Waals surface area contributed by atoms with Gasteiger partial charge >= 0.3 is 5.97 Å². The summed E-state index contributed by atoms with van der Waals surface area (Å²) < 4.78 is 21.6. The molecular formula is C26H26FN3O5. The predicted molar refractivity (Wildman–Crippen MR) is 125 cm³/mol. The predicted octanol–water partition coefficient (Wildman–Crippen LogP) is 1.88. The van der Waals surface area contributed by atoms with Crippen LogP contribution in [0.1, 0.15) is 59.1 Å². The Morgan fingerprint density at radius 2 is 2.09 bits per heavy atom. The number of pyridine rings is 2. The Bertz CT molecular complexity index is 1510. The molecule has 9 heteroatoms. The lowest BCUT2D eigenvalue weighted by molar-refractivity contribution is -0.172. The summed E-state index contributed by atoms with van der Waals surface area (Å²) in [4.78, 5) is 30.8. The SMILES string of the molecule is CC[C@@]1(O)C(=O)OCc2c1cc1n(c2=O)Cc2c-1nc1cc(F)c(C)c3c1c2[C@H]([C@@H](N)CO)CC3. The highest BCUT2D eigenvalue weighted by Crippen LogP contribution is 2.47. The number of aromatic nitrogens is 2. The van der Waals surface area contributed by atoms with Crippen molar-refractivity contribution in [3.05, 3.63) is 61.7 Å². The fourth-order valence-electron chi connectivity index (χ4n) is 6.15. The molecule has 2 aliphatic heterocycles. The summed E-state index contributed by atoms with van der Waals surface area (Å²) in [7, 11) is 0. The van der Waals surface area contributed by atoms with Crippen molar-refractivity contribution in [1.29, 1.82) is 0 Å². The fraction of sp³-hybridized carbons (Fsp3) is 0.423. The van der Waals surface area contributed by atoms with Crippen LogP contribution < -0.4 is 11.3 Å². The Kier molecular flexibility index (Phi) is 4.74. The fourth-order valence-corrected chi connectivity index (χ4v) is 6.15. The molecular weight excluding hydrogens is 453 g/mol. The van der Waals surface area contributed by atoms with E-state index in [0.717, 1.165) is 22.1 Å². The number of halogens is 1. The Labute approximate surface area is 200 Å². The Morgan fingerprint density at radius 1 is 1.31 bits per heavy atom. The second-order valence-electron chi connectivity index (χ2n) is 9.80. The van der Waals surface area contributed by atoms with Crippen molar-refractivity contribution in [3.63, 3.8) is 0 Å². The standard InChI is InChI=1S/C26H26FN3O5/c1-3-26(34)16-6-20-23-14(8-30(20)24(32)15(16)10-35-25(26)33)21-13(18(28)9-31)5-4-12-11(2)17(27)7-19(29-23)22(12)21/h6-7,13,18,31,34H,3-5,8-10,28H2,1-2H3/t13-,18-,26-/m0/s1. The summed E-state index contributed by atoms with van der Waals surface area (Å²) in [6.07, 6.45) is 1.31. The first-order valence-corrected chi connectivity index (χ1v) is 11.9. The number of benzene rings is 1. The number of ether oxygens (including phenoxy) is 1. The highest BCUT2D eigenvalue weighted by molar-refractivity contribution is 5.93. The van der Waals surface area contributed by atoms with E-state index in [2.05, 4.69) is 0 Å². The number of aliphatic hydroxyl groups excluding tert-OH is 1. The molecule has 0 bridgehead atoms. The van der Waals surface area contributed by atoms with Gasteiger partial charge in [-0.05, 0) is 48.9 Å². The summed E-state index contributed by atoms with van der Waals surface area (Å²) in [5.74, 6) is -1.32. The van der Waals surface area contributed by atoms with E-state index in [4.69, 9.17) is 15.5 Å². The van der Waals surface area contributed by atoms with E-state index in [0.29, 0.717) is 35.3 Å². The van der Waals surface area contributed by atoms with Gasteiger partial charge in [0, 0.05) is 34.5 Å². The first-order valence-electron chi connectivity index (χ1n) is 11.9. The molecule has 35 heavy (non-hydrogen) atoms. The van der Waals surface area contributed by atoms with Crippen LogP contribution in [0, 0.1) is 12.7 Å². The lowest BCUT2D eigenvalue weighted by Gasteiger charge is -2.32. The number of nitrogens with zero attached hydrogens (tertiary/aromatic N) is 2. The summed E-state index contributed by atoms with van der Waals surface area (Å²) in [5.41, 5.74) is 9.15. The second-order valence-corrected chi connectivity index (χ2v) is 9.80. The molecule has 8 nitrogen and oxygen atoms in total. The summed E-state index contributed by atoms with van der Waals surface area (Å²) in [6, 6.07) is 2.53. The monoisotopic (exact) mass is 479 g/mol. The van der Waals surface area contributed by atoms with E-state index in [-0.39, 0.29) is 54.6 Å². The van der Waals surface area contributed by atoms with E-state index in [1.165, 1.54) is 6.07 Å². The smallest absolute Gasteiger partial charge is 0.343 e. The van der Waals surface area contributed by atoms with Gasteiger partial charge in [0.1, 0.15) is 12.4 Å². The van der Waals surface area contributed by atoms with E-state index in [9.17, 15) is 24.2 Å². The molecule has 1 aromatic carbocycles. The van der Waals surface area contributed by atoms with Gasteiger partial charge in [-0.3, -0.25) is 4.79 Å². The van der Waals surface area contributed by atoms with Gasteiger partial charge in [0.05, 0.1) is 35.6 Å². The first kappa shape index (κ1) is 22.3. The van der Waals surface area contributed by atoms with Gasteiger partial charge in [0.25, 0.3) is 5.56 Å². The number of nitrogens with two attached hydrogens (primary N) is 1. The van der Waals surface area contributed by atoms with Crippen LogP contribution in [-0.2, 0) is 34.7 Å². The van der Waals surface area contributed by atoms with Crippen molar-refractivity contribution in [1.82, 2.24) is 9.55 Å². The largest absolute Gasteiger partial charge is 0.458 e. The van der Waals surface area contributed by atoms with Crippen LogP contribution in [0.2, 0.25) is 0 Å². The van der Waals surface area contributed by atoms with Gasteiger partial charge in [-0.2, -0.15) is 0 Å². The lowest BCUT2D eigenvalue weighted by Crippen LogP contribution is -2.44. The maximum atomic E-state index is 14.9. The molecule has 0 unspecified atom stereocenters. The molecule has 0 saturated carbocycles. The molecule has 2 aromatic heterocycles. The molecule has 0 amide bonds. The summed E-state index contributed by atoms with van der Waals surface area (Å²) >= 11 is 0. The number of rotatable bonds is 3. The zero-order valence-corrected chi connectivity index (χ0v) is 19.5. The molecule has 3 atom stereocenters. The first-order chi connectivity index (χ1) is 16.7. The number of hydrogen-bond donors (Lipinski definition) is 3. The van der Waals surface area contributed by atoms with Gasteiger partial charge in [-0.15, -0.1) is 0 Å². The minimum Gasteiger partial charge on any atom is -0.458 e. The molecule has 0 spiro atoms. The number of fused-ring (bicyclic) bond motifs is 5. The van der Waals surface area contributed by atoms with Crippen molar-refractivity contribution in [3.8, 4) is 11.4 Å². The molecule has 0 fully saturated rings. The third-order valence-corrected chi connectivity index (χ3v) is 8.15. The minimum absolute atomic E-state index is 0.0479. The van der Waals surface area contributed by atoms with Crippen LogP contribution >= 0.6 is 0 Å². The molecule has 1 aliphatic carbocycles. The van der Waals surface area contributed by atoms with Crippen molar-refractivity contribution in [2.45, 2.75) is 63.8 Å². The Morgan fingerprint density at radius 3 is 2.80 bits per heavy atom. The summed E-state index contributed by atoms with van der Waals surface area (Å²) in [5, 5.41) is 21.8. The lowest BCUT2D eigenvalue weighted by atomic mass is 9.75. The van der Waals surface area contributed by atoms with Gasteiger partial charge in [0.2, 0.25) is 0 Å². The highest BCUT2D eigenvalue weighted by Gasteiger charge is 2.46. The molecule has 6 rings (SSSR count). The van der Waals surface area contributed by atoms with Crippen molar-refractivity contribution in [2.24, 2.45) is 5.73 Å². The number of aryl methyl sites for hydroxylation is 1. The normalized spacial score (nSPS) is 23.0. The average Bonchev–Trinajstić information content (AvgIpc) is 3.23. The van der Waals surface area contributed by atoms with Crippen LogP contribution in [0.25, 0.3) is 22.3 Å². The van der Waals surface area contributed by atoms with Crippen LogP contribution in [0.5, 0.6) is 0 Å². The van der Waals surface area contributed by atoms with Crippen LogP contribution in [0.15, 0.2) is 16.9 Å². The molecule has 182 valence electrons. The van der Waals surface area contributed by atoms with Gasteiger partial charge < -0.3 is 25.3 Å². The maximum Gasteiger partial charge on any atom is 0.343 e. The molecule has 0 saturated heterocycles. The van der Waals surface area contributed by atoms with E-state index in [1.54, 1.807) is 24.5 Å². The molecule has 4 heterocycles. The van der Waals surface area contributed by atoms with Gasteiger partial charge in [-0.1, -0.05) is 6.92 Å². The molecule has 0 radical (unpaired) electrons. The zero-order valence-electron chi connectivity index (χ0n) is 19.5. The van der Waals surface area contributed by atoms with Crippen molar-refractivity contribution >= 4 is 16.9 Å². The number of carbonyl (C=O) groups excluding carboxylic acids is 1. The van der Waals surface area contributed by atoms with E-state index in [1.807, 2.05) is 0 Å². The Balaban J connectivity index is 1.69. The molecule has 3 aliphatic rings. The number of cyclic esters (lactones) is 1. The van der Waals surface area contributed by atoms with Crippen LogP contribution in [0.3, 0.4) is 0 Å². The molecule has 4 N–H and O–H groups in total. The maximum absolute atomic E-state index is 14.9. The van der Waals surface area contributed by atoms with Gasteiger partial charge in [0.15, 0.2) is 5.60 Å². The number of esters is 1. The minimum atomic E-state index is -1.92. The number of hydrogen-bond acceptors (Lipinski definition) is 7. The third-order valence-electron chi connectivity index (χ3n) is 8.15. The number of carbonyl (C=O) groups is 1. The zero-order chi connectivity index (χ0) is 24.8. The number of aliphatic hydroxyl groups is 2. The quantitative estimate of drug-likeness (QED) is 0.383. The van der Waals surface area contributed by atoms with Crippen LogP contribution in [0.4, 0.5) is 4.39 Å². The van der Waals surface area contributed by atoms with E-state index < -0.39 is 17.6 Å². The third kappa shape index (κ3) is 2.80. The molecule has 3 aromatic rings. The average molecular weight is 480 g/mol. The Hall–Kier alpha value is -3.14.